The number of carbonyl (C=O) groups is 2. The lowest BCUT2D eigenvalue weighted by Gasteiger charge is -2.01. The monoisotopic (exact) mass is 174 g/mol. The van der Waals surface area contributed by atoms with Crippen molar-refractivity contribution in [2.45, 2.75) is 26.2 Å². The molecule has 4 heteroatoms. The van der Waals surface area contributed by atoms with Crippen molar-refractivity contribution in [2.24, 2.45) is 0 Å². The molecule has 4 nitrogen and oxygen atoms in total. The van der Waals surface area contributed by atoms with E-state index in [9.17, 15) is 9.59 Å². The predicted molar refractivity (Wildman–Crippen MR) is 42.5 cm³/mol. The van der Waals surface area contributed by atoms with E-state index in [1.807, 2.05) is 6.92 Å². The lowest BCUT2D eigenvalue weighted by atomic mass is 10.3. The lowest BCUT2D eigenvalue weighted by Crippen LogP contribution is -2.09. The third-order valence-electron chi connectivity index (χ3n) is 1.23. The zero-order valence-electron chi connectivity index (χ0n) is 7.46. The van der Waals surface area contributed by atoms with Gasteiger partial charge in [0.25, 0.3) is 0 Å². The molecular formula is C8H14O4. The second kappa shape index (κ2) is 6.64. The number of hydrogen-bond acceptors (Lipinski definition) is 4. The third-order valence-corrected chi connectivity index (χ3v) is 1.23. The summed E-state index contributed by atoms with van der Waals surface area (Å²) in [5, 5.41) is 0. The first-order valence-corrected chi connectivity index (χ1v) is 3.93. The minimum atomic E-state index is -0.386. The Labute approximate surface area is 71.8 Å². The van der Waals surface area contributed by atoms with Gasteiger partial charge in [0.05, 0.1) is 26.6 Å². The molecule has 0 radical (unpaired) electrons. The van der Waals surface area contributed by atoms with Gasteiger partial charge in [0, 0.05) is 0 Å². The molecule has 0 N–H and O–H groups in total. The average molecular weight is 174 g/mol. The molecule has 0 heterocycles. The molecule has 0 unspecified atom stereocenters. The van der Waals surface area contributed by atoms with Gasteiger partial charge >= 0.3 is 11.9 Å². The van der Waals surface area contributed by atoms with Crippen molar-refractivity contribution in [3.8, 4) is 0 Å². The van der Waals surface area contributed by atoms with E-state index in [2.05, 4.69) is 4.74 Å². The van der Waals surface area contributed by atoms with E-state index in [-0.39, 0.29) is 24.8 Å². The topological polar surface area (TPSA) is 52.6 Å². The molecule has 0 bridgehead atoms. The molecule has 0 aromatic rings. The van der Waals surface area contributed by atoms with Crippen LogP contribution in [0.3, 0.4) is 0 Å². The van der Waals surface area contributed by atoms with Gasteiger partial charge in [-0.2, -0.15) is 0 Å². The van der Waals surface area contributed by atoms with Gasteiger partial charge in [0.15, 0.2) is 0 Å². The van der Waals surface area contributed by atoms with Crippen LogP contribution in [0.5, 0.6) is 0 Å². The highest BCUT2D eigenvalue weighted by molar-refractivity contribution is 5.77. The van der Waals surface area contributed by atoms with E-state index in [1.54, 1.807) is 0 Å². The minimum Gasteiger partial charge on any atom is -0.469 e. The number of ether oxygens (including phenoxy) is 2. The van der Waals surface area contributed by atoms with Crippen LogP contribution in [0.4, 0.5) is 0 Å². The van der Waals surface area contributed by atoms with Crippen molar-refractivity contribution in [1.82, 2.24) is 0 Å². The summed E-state index contributed by atoms with van der Waals surface area (Å²) >= 11 is 0. The highest BCUT2D eigenvalue weighted by atomic mass is 16.5. The molecule has 0 atom stereocenters. The van der Waals surface area contributed by atoms with Crippen LogP contribution in [-0.4, -0.2) is 25.7 Å². The predicted octanol–water partition coefficient (Wildman–Crippen LogP) is 0.893. The highest BCUT2D eigenvalue weighted by Crippen LogP contribution is 1.95. The fourth-order valence-corrected chi connectivity index (χ4v) is 0.594. The first-order valence-electron chi connectivity index (χ1n) is 3.93. The number of hydrogen-bond donors (Lipinski definition) is 0. The normalized spacial score (nSPS) is 9.17. The number of esters is 2. The van der Waals surface area contributed by atoms with Crippen molar-refractivity contribution >= 4 is 11.9 Å². The van der Waals surface area contributed by atoms with E-state index in [4.69, 9.17) is 4.74 Å². The third kappa shape index (κ3) is 5.70. The van der Waals surface area contributed by atoms with Crippen LogP contribution in [-0.2, 0) is 19.1 Å². The number of methoxy groups -OCH3 is 1. The van der Waals surface area contributed by atoms with Crippen LogP contribution in [0, 0.1) is 0 Å². The molecule has 0 saturated heterocycles. The Balaban J connectivity index is 3.37. The lowest BCUT2D eigenvalue weighted by molar-refractivity contribution is -0.148. The van der Waals surface area contributed by atoms with Gasteiger partial charge in [0.2, 0.25) is 0 Å². The van der Waals surface area contributed by atoms with E-state index in [0.717, 1.165) is 6.42 Å². The van der Waals surface area contributed by atoms with Crippen LogP contribution in [0.15, 0.2) is 0 Å². The first kappa shape index (κ1) is 10.9. The highest BCUT2D eigenvalue weighted by Gasteiger charge is 2.06. The van der Waals surface area contributed by atoms with Crippen LogP contribution in [0.25, 0.3) is 0 Å². The molecule has 0 amide bonds. The standard InChI is InChI=1S/C8H14O4/c1-3-6-12-8(10)5-4-7(9)11-2/h3-6H2,1-2H3. The largest absolute Gasteiger partial charge is 0.469 e. The summed E-state index contributed by atoms with van der Waals surface area (Å²) in [6.45, 7) is 2.33. The van der Waals surface area contributed by atoms with Gasteiger partial charge < -0.3 is 9.47 Å². The quantitative estimate of drug-likeness (QED) is 0.581. The van der Waals surface area contributed by atoms with Crippen molar-refractivity contribution < 1.29 is 19.1 Å². The van der Waals surface area contributed by atoms with Gasteiger partial charge in [-0.15, -0.1) is 0 Å². The zero-order valence-corrected chi connectivity index (χ0v) is 7.46. The van der Waals surface area contributed by atoms with Crippen LogP contribution < -0.4 is 0 Å². The van der Waals surface area contributed by atoms with Crippen molar-refractivity contribution in [3.05, 3.63) is 0 Å². The van der Waals surface area contributed by atoms with E-state index in [0.29, 0.717) is 6.61 Å². The molecule has 70 valence electrons. The van der Waals surface area contributed by atoms with E-state index >= 15 is 0 Å². The van der Waals surface area contributed by atoms with Crippen LogP contribution in [0.2, 0.25) is 0 Å². The van der Waals surface area contributed by atoms with Gasteiger partial charge in [-0.3, -0.25) is 9.59 Å². The Morgan fingerprint density at radius 2 is 1.75 bits per heavy atom. The Morgan fingerprint density at radius 3 is 2.25 bits per heavy atom. The first-order chi connectivity index (χ1) is 5.70. The molecule has 0 aromatic carbocycles. The van der Waals surface area contributed by atoms with Crippen molar-refractivity contribution in [3.63, 3.8) is 0 Å². The summed E-state index contributed by atoms with van der Waals surface area (Å²) in [5.74, 6) is -0.731. The Morgan fingerprint density at radius 1 is 1.17 bits per heavy atom. The summed E-state index contributed by atoms with van der Waals surface area (Å²) in [4.78, 5) is 21.4. The zero-order chi connectivity index (χ0) is 9.40. The maximum Gasteiger partial charge on any atom is 0.306 e. The average Bonchev–Trinajstić information content (AvgIpc) is 2.10. The van der Waals surface area contributed by atoms with Gasteiger partial charge in [-0.05, 0) is 6.42 Å². The maximum atomic E-state index is 10.8. The molecule has 0 fully saturated rings. The smallest absolute Gasteiger partial charge is 0.306 e. The van der Waals surface area contributed by atoms with Crippen molar-refractivity contribution in [2.75, 3.05) is 13.7 Å². The minimum absolute atomic E-state index is 0.0963. The SMILES string of the molecule is CCCOC(=O)CCC(=O)OC. The molecule has 0 spiro atoms. The summed E-state index contributed by atoms with van der Waals surface area (Å²) in [6, 6.07) is 0. The summed E-state index contributed by atoms with van der Waals surface area (Å²) in [6.07, 6.45) is 0.996. The summed E-state index contributed by atoms with van der Waals surface area (Å²) < 4.78 is 9.10. The second-order valence-corrected chi connectivity index (χ2v) is 2.30. The molecule has 0 rings (SSSR count). The second-order valence-electron chi connectivity index (χ2n) is 2.30. The van der Waals surface area contributed by atoms with E-state index in [1.165, 1.54) is 7.11 Å². The molecule has 0 aromatic heterocycles. The summed E-state index contributed by atoms with van der Waals surface area (Å²) in [7, 11) is 1.29. The number of carbonyl (C=O) groups excluding carboxylic acids is 2. The van der Waals surface area contributed by atoms with E-state index < -0.39 is 0 Å². The fourth-order valence-electron chi connectivity index (χ4n) is 0.594. The molecule has 0 aliphatic carbocycles. The Bertz CT molecular complexity index is 153. The van der Waals surface area contributed by atoms with Crippen LogP contribution in [0.1, 0.15) is 26.2 Å². The molecular weight excluding hydrogens is 160 g/mol. The number of rotatable bonds is 5. The molecule has 0 saturated carbocycles. The van der Waals surface area contributed by atoms with Gasteiger partial charge in [-0.1, -0.05) is 6.92 Å². The molecule has 0 aliphatic heterocycles. The molecule has 0 aliphatic rings. The molecule has 12 heavy (non-hydrogen) atoms. The Hall–Kier alpha value is -1.06. The van der Waals surface area contributed by atoms with Gasteiger partial charge in [0.1, 0.15) is 0 Å². The summed E-state index contributed by atoms with van der Waals surface area (Å²) in [5.41, 5.74) is 0. The fraction of sp³-hybridized carbons (Fsp3) is 0.750. The van der Waals surface area contributed by atoms with Gasteiger partial charge in [-0.25, -0.2) is 0 Å². The van der Waals surface area contributed by atoms with Crippen molar-refractivity contribution in [1.29, 1.82) is 0 Å². The maximum absolute atomic E-state index is 10.8. The van der Waals surface area contributed by atoms with Crippen LogP contribution >= 0.6 is 0 Å². The Kier molecular flexibility index (Phi) is 6.05.